The average molecular weight is 630 g/mol. The summed E-state index contributed by atoms with van der Waals surface area (Å²) in [6, 6.07) is 17.1. The van der Waals surface area contributed by atoms with Gasteiger partial charge in [0, 0.05) is 11.6 Å². The minimum Gasteiger partial charge on any atom is -0.508 e. The third-order valence-electron chi connectivity index (χ3n) is 7.27. The first-order chi connectivity index (χ1) is 20.9. The van der Waals surface area contributed by atoms with E-state index in [0.29, 0.717) is 28.0 Å². The zero-order chi connectivity index (χ0) is 30.8. The Balaban J connectivity index is 0.000000197. The SMILES string of the molecule is CN.O=C(O)c1ccc2nc(CN3CCCCC3)n(CC3CCO3)c2c1.Oc1cccc(COc2ccc(Cl)cc2Cl)c1. The number of nitrogens with zero attached hydrogens (tertiary/aromatic N) is 3. The number of likely N-dealkylation sites (tertiary alicyclic amines) is 1. The Bertz CT molecular complexity index is 1500. The number of hydrogen-bond acceptors (Lipinski definition) is 7. The van der Waals surface area contributed by atoms with Crippen LogP contribution in [0, 0.1) is 0 Å². The Kier molecular flexibility index (Phi) is 12.1. The van der Waals surface area contributed by atoms with Gasteiger partial charge in [0.1, 0.15) is 23.9 Å². The third-order valence-corrected chi connectivity index (χ3v) is 7.80. The van der Waals surface area contributed by atoms with Gasteiger partial charge in [0.15, 0.2) is 0 Å². The van der Waals surface area contributed by atoms with E-state index in [9.17, 15) is 15.0 Å². The van der Waals surface area contributed by atoms with Crippen LogP contribution >= 0.6 is 23.2 Å². The number of piperidine rings is 1. The molecule has 43 heavy (non-hydrogen) atoms. The van der Waals surface area contributed by atoms with Gasteiger partial charge in [0.05, 0.1) is 40.8 Å². The zero-order valence-electron chi connectivity index (χ0n) is 24.2. The van der Waals surface area contributed by atoms with Crippen LogP contribution in [0.25, 0.3) is 11.0 Å². The van der Waals surface area contributed by atoms with Gasteiger partial charge in [0.2, 0.25) is 0 Å². The molecule has 4 aromatic rings. The largest absolute Gasteiger partial charge is 0.508 e. The first kappa shape index (κ1) is 32.6. The molecule has 1 aromatic heterocycles. The first-order valence-corrected chi connectivity index (χ1v) is 15.1. The molecule has 0 bridgehead atoms. The van der Waals surface area contributed by atoms with E-state index in [2.05, 4.69) is 15.2 Å². The Morgan fingerprint density at radius 3 is 2.49 bits per heavy atom. The molecule has 2 aliphatic rings. The summed E-state index contributed by atoms with van der Waals surface area (Å²) in [5, 5.41) is 19.6. The van der Waals surface area contributed by atoms with Crippen molar-refractivity contribution >= 4 is 40.2 Å². The molecule has 6 rings (SSSR count). The monoisotopic (exact) mass is 628 g/mol. The van der Waals surface area contributed by atoms with Crippen LogP contribution in [0.15, 0.2) is 60.7 Å². The van der Waals surface area contributed by atoms with Crippen molar-refractivity contribution < 1.29 is 24.5 Å². The lowest BCUT2D eigenvalue weighted by atomic mass is 10.1. The second-order valence-corrected chi connectivity index (χ2v) is 11.1. The molecule has 11 heteroatoms. The van der Waals surface area contributed by atoms with Crippen molar-refractivity contribution in [3.63, 3.8) is 0 Å². The molecule has 2 fully saturated rings. The molecule has 0 amide bonds. The first-order valence-electron chi connectivity index (χ1n) is 14.4. The molecule has 230 valence electrons. The molecule has 3 aromatic carbocycles. The zero-order valence-corrected chi connectivity index (χ0v) is 25.7. The number of halogens is 2. The van der Waals surface area contributed by atoms with Crippen molar-refractivity contribution in [2.45, 2.75) is 51.5 Å². The van der Waals surface area contributed by atoms with Crippen LogP contribution in [-0.2, 0) is 24.4 Å². The van der Waals surface area contributed by atoms with E-state index in [1.807, 2.05) is 12.1 Å². The highest BCUT2D eigenvalue weighted by Crippen LogP contribution is 2.28. The van der Waals surface area contributed by atoms with Gasteiger partial charge in [-0.15, -0.1) is 0 Å². The van der Waals surface area contributed by atoms with Gasteiger partial charge in [-0.2, -0.15) is 0 Å². The number of aromatic hydroxyl groups is 1. The van der Waals surface area contributed by atoms with E-state index in [0.717, 1.165) is 61.6 Å². The van der Waals surface area contributed by atoms with Gasteiger partial charge in [-0.1, -0.05) is 41.8 Å². The lowest BCUT2D eigenvalue weighted by molar-refractivity contribution is -0.0592. The fourth-order valence-electron chi connectivity index (χ4n) is 4.98. The summed E-state index contributed by atoms with van der Waals surface area (Å²) in [6.07, 6.45) is 5.08. The third kappa shape index (κ3) is 9.08. The van der Waals surface area contributed by atoms with Gasteiger partial charge in [-0.05, 0) is 93.5 Å². The molecule has 1 unspecified atom stereocenters. The summed E-state index contributed by atoms with van der Waals surface area (Å²) in [5.74, 6) is 0.903. The summed E-state index contributed by atoms with van der Waals surface area (Å²) in [6.45, 7) is 4.97. The fraction of sp³-hybridized carbons (Fsp3) is 0.375. The molecule has 0 aliphatic carbocycles. The number of rotatable bonds is 8. The summed E-state index contributed by atoms with van der Waals surface area (Å²) in [5.41, 5.74) is 7.45. The minimum atomic E-state index is -0.901. The van der Waals surface area contributed by atoms with E-state index in [1.165, 1.54) is 26.3 Å². The van der Waals surface area contributed by atoms with E-state index < -0.39 is 5.97 Å². The fourth-order valence-corrected chi connectivity index (χ4v) is 5.44. The molecule has 0 radical (unpaired) electrons. The van der Waals surface area contributed by atoms with Crippen LogP contribution in [0.1, 0.15) is 47.4 Å². The number of fused-ring (bicyclic) bond motifs is 1. The number of carboxylic acid groups (broad SMARTS) is 1. The van der Waals surface area contributed by atoms with E-state index in [-0.39, 0.29) is 11.9 Å². The Hall–Kier alpha value is -3.34. The standard InChI is InChI=1S/C18H23N3O3.C13H10Cl2O2.CH5N/c22-18(23)13-4-5-15-16(10-13)21(11-14-6-9-24-14)17(19-15)12-20-7-2-1-3-8-20;14-10-4-5-13(12(15)7-10)17-8-9-2-1-3-11(16)6-9;1-2/h4-5,10,14H,1-3,6-9,11-12H2,(H,22,23);1-7,16H,8H2;2H2,1H3. The van der Waals surface area contributed by atoms with Crippen LogP contribution in [0.4, 0.5) is 0 Å². The molecule has 0 saturated carbocycles. The van der Waals surface area contributed by atoms with E-state index in [1.54, 1.807) is 48.5 Å². The Morgan fingerprint density at radius 2 is 1.84 bits per heavy atom. The van der Waals surface area contributed by atoms with Crippen LogP contribution < -0.4 is 10.5 Å². The molecular weight excluding hydrogens is 591 g/mol. The maximum atomic E-state index is 11.3. The minimum absolute atomic E-state index is 0.216. The van der Waals surface area contributed by atoms with Gasteiger partial charge in [-0.25, -0.2) is 9.78 Å². The molecule has 3 heterocycles. The number of phenolic OH excluding ortho intramolecular Hbond substituents is 1. The smallest absolute Gasteiger partial charge is 0.335 e. The second kappa shape index (κ2) is 15.9. The van der Waals surface area contributed by atoms with Crippen LogP contribution in [0.5, 0.6) is 11.5 Å². The van der Waals surface area contributed by atoms with Crippen molar-refractivity contribution in [3.8, 4) is 11.5 Å². The van der Waals surface area contributed by atoms with Crippen LogP contribution in [0.2, 0.25) is 10.0 Å². The van der Waals surface area contributed by atoms with Gasteiger partial charge in [-0.3, -0.25) is 4.90 Å². The van der Waals surface area contributed by atoms with Crippen LogP contribution in [-0.4, -0.2) is 63.5 Å². The second-order valence-electron chi connectivity index (χ2n) is 10.3. The highest BCUT2D eigenvalue weighted by atomic mass is 35.5. The number of carbonyl (C=O) groups is 1. The van der Waals surface area contributed by atoms with Crippen molar-refractivity contribution in [1.82, 2.24) is 14.5 Å². The summed E-state index contributed by atoms with van der Waals surface area (Å²) >= 11 is 11.8. The summed E-state index contributed by atoms with van der Waals surface area (Å²) in [4.78, 5) is 18.5. The lowest BCUT2D eigenvalue weighted by Crippen LogP contribution is -2.34. The van der Waals surface area contributed by atoms with Crippen molar-refractivity contribution in [3.05, 3.63) is 87.7 Å². The number of imidazole rings is 1. The molecule has 9 nitrogen and oxygen atoms in total. The number of phenols is 1. The quantitative estimate of drug-likeness (QED) is 0.206. The number of hydrogen-bond donors (Lipinski definition) is 3. The molecular formula is C32H38Cl2N4O5. The molecule has 1 atom stereocenters. The Morgan fingerprint density at radius 1 is 1.07 bits per heavy atom. The Labute approximate surface area is 261 Å². The number of benzene rings is 3. The number of aromatic nitrogens is 2. The number of ether oxygens (including phenoxy) is 2. The predicted octanol–water partition coefficient (Wildman–Crippen LogP) is 6.36. The maximum Gasteiger partial charge on any atom is 0.335 e. The maximum absolute atomic E-state index is 11.3. The van der Waals surface area contributed by atoms with Crippen molar-refractivity contribution in [2.75, 3.05) is 26.7 Å². The summed E-state index contributed by atoms with van der Waals surface area (Å²) < 4.78 is 13.3. The van der Waals surface area contributed by atoms with Crippen molar-refractivity contribution in [1.29, 1.82) is 0 Å². The molecule has 4 N–H and O–H groups in total. The summed E-state index contributed by atoms with van der Waals surface area (Å²) in [7, 11) is 1.50. The molecule has 0 spiro atoms. The van der Waals surface area contributed by atoms with Gasteiger partial charge >= 0.3 is 5.97 Å². The van der Waals surface area contributed by atoms with Crippen LogP contribution in [0.3, 0.4) is 0 Å². The topological polar surface area (TPSA) is 123 Å². The normalized spacial score (nSPS) is 16.3. The highest BCUT2D eigenvalue weighted by molar-refractivity contribution is 6.35. The average Bonchev–Trinajstić information content (AvgIpc) is 3.32. The number of aromatic carboxylic acids is 1. The number of nitrogens with two attached hydrogens (primary N) is 1. The van der Waals surface area contributed by atoms with Gasteiger partial charge < -0.3 is 30.0 Å². The molecule has 2 aliphatic heterocycles. The number of carboxylic acids is 1. The van der Waals surface area contributed by atoms with E-state index >= 15 is 0 Å². The van der Waals surface area contributed by atoms with E-state index in [4.69, 9.17) is 37.7 Å². The highest BCUT2D eigenvalue weighted by Gasteiger charge is 2.23. The predicted molar refractivity (Wildman–Crippen MR) is 169 cm³/mol. The lowest BCUT2D eigenvalue weighted by Gasteiger charge is -2.29. The van der Waals surface area contributed by atoms with Gasteiger partial charge in [0.25, 0.3) is 0 Å². The van der Waals surface area contributed by atoms with Crippen molar-refractivity contribution in [2.24, 2.45) is 5.73 Å². The molecule has 2 saturated heterocycles.